The highest BCUT2D eigenvalue weighted by Gasteiger charge is 2.10. The summed E-state index contributed by atoms with van der Waals surface area (Å²) in [5.41, 5.74) is 0. The first-order valence-corrected chi connectivity index (χ1v) is 6.33. The van der Waals surface area contributed by atoms with Crippen LogP contribution in [-0.4, -0.2) is 17.5 Å². The molecule has 0 aromatic carbocycles. The molecule has 1 aromatic rings. The predicted molar refractivity (Wildman–Crippen MR) is 56.3 cm³/mol. The lowest BCUT2D eigenvalue weighted by atomic mass is 10.4. The summed E-state index contributed by atoms with van der Waals surface area (Å²) in [4.78, 5) is 20.9. The second-order valence-electron chi connectivity index (χ2n) is 2.54. The zero-order chi connectivity index (χ0) is 11.3. The van der Waals surface area contributed by atoms with Crippen LogP contribution in [0.2, 0.25) is 0 Å². The first-order chi connectivity index (χ1) is 7.13. The lowest BCUT2D eigenvalue weighted by Crippen LogP contribution is -2.01. The second-order valence-corrected chi connectivity index (χ2v) is 4.53. The molecule has 1 unspecified atom stereocenters. The summed E-state index contributed by atoms with van der Waals surface area (Å²) in [7, 11) is -2.91. The third kappa shape index (κ3) is 4.13. The van der Waals surface area contributed by atoms with Gasteiger partial charge in [-0.1, -0.05) is 0 Å². The first-order valence-electron chi connectivity index (χ1n) is 4.25. The van der Waals surface area contributed by atoms with Crippen LogP contribution in [0.25, 0.3) is 0 Å². The van der Waals surface area contributed by atoms with Gasteiger partial charge in [0.25, 0.3) is 0 Å². The van der Waals surface area contributed by atoms with E-state index in [0.29, 0.717) is 16.4 Å². The van der Waals surface area contributed by atoms with Gasteiger partial charge in [-0.25, -0.2) is 4.79 Å². The van der Waals surface area contributed by atoms with Crippen LogP contribution in [0.4, 0.5) is 0 Å². The highest BCUT2D eigenvalue weighted by Crippen LogP contribution is 2.23. The molecule has 0 saturated carbocycles. The highest BCUT2D eigenvalue weighted by atomic mass is 32.1. The van der Waals surface area contributed by atoms with E-state index in [0.717, 1.165) is 0 Å². The van der Waals surface area contributed by atoms with Crippen LogP contribution in [0.5, 0.6) is 0 Å². The molecule has 0 aliphatic carbocycles. The first kappa shape index (κ1) is 12.4. The molecule has 0 aliphatic rings. The minimum atomic E-state index is -2.91. The van der Waals surface area contributed by atoms with Gasteiger partial charge in [0, 0.05) is 4.88 Å². The Morgan fingerprint density at radius 1 is 1.60 bits per heavy atom. The van der Waals surface area contributed by atoms with Gasteiger partial charge in [-0.15, -0.1) is 11.3 Å². The Kier molecular flexibility index (Phi) is 4.98. The molecule has 1 N–H and O–H groups in total. The van der Waals surface area contributed by atoms with E-state index in [1.165, 1.54) is 11.3 Å². The quantitative estimate of drug-likeness (QED) is 0.637. The molecule has 84 valence electrons. The van der Waals surface area contributed by atoms with Gasteiger partial charge in [0.15, 0.2) is 0 Å². The lowest BCUT2D eigenvalue weighted by molar-refractivity contribution is 0.0532. The van der Waals surface area contributed by atoms with Crippen molar-refractivity contribution < 1.29 is 23.5 Å². The number of thiophene rings is 1. The molecule has 1 atom stereocenters. The zero-order valence-corrected chi connectivity index (χ0v) is 9.87. The summed E-state index contributed by atoms with van der Waals surface area (Å²) in [6.07, 6.45) is 0. The zero-order valence-electron chi connectivity index (χ0n) is 8.06. The maximum Gasteiger partial charge on any atom is 0.348 e. The number of rotatable bonds is 5. The Labute approximate surface area is 91.6 Å². The van der Waals surface area contributed by atoms with Gasteiger partial charge in [-0.3, -0.25) is 4.57 Å². The number of hydrogen-bond acceptors (Lipinski definition) is 5. The average molecular weight is 250 g/mol. The van der Waals surface area contributed by atoms with Crippen molar-refractivity contribution in [3.8, 4) is 0 Å². The van der Waals surface area contributed by atoms with E-state index in [9.17, 15) is 9.36 Å². The van der Waals surface area contributed by atoms with Gasteiger partial charge >= 0.3 is 14.2 Å². The monoisotopic (exact) mass is 250 g/mol. The largest absolute Gasteiger partial charge is 0.462 e. The fourth-order valence-electron chi connectivity index (χ4n) is 0.900. The molecule has 0 amide bonds. The molecule has 0 bridgehead atoms. The Morgan fingerprint density at radius 2 is 2.33 bits per heavy atom. The molecule has 1 aromatic heterocycles. The standard InChI is InChI=1S/C8H11O5PS/c1-2-12-8(9)7-4-3-6(15-7)5-13-14(10)11/h3-4,14H,2,5H2,1H3,(H,10,11). The fourth-order valence-corrected chi connectivity index (χ4v) is 2.10. The molecular formula is C8H11O5PS. The van der Waals surface area contributed by atoms with E-state index in [-0.39, 0.29) is 12.6 Å². The molecule has 5 nitrogen and oxygen atoms in total. The summed E-state index contributed by atoms with van der Waals surface area (Å²) in [5, 5.41) is 0. The van der Waals surface area contributed by atoms with Crippen LogP contribution >= 0.6 is 19.6 Å². The second kappa shape index (κ2) is 6.02. The molecular weight excluding hydrogens is 239 g/mol. The predicted octanol–water partition coefficient (Wildman–Crippen LogP) is 1.82. The normalized spacial score (nSPS) is 12.4. The van der Waals surface area contributed by atoms with Gasteiger partial charge in [-0.2, -0.15) is 0 Å². The maximum atomic E-state index is 11.2. The fraction of sp³-hybridized carbons (Fsp3) is 0.375. The van der Waals surface area contributed by atoms with E-state index in [4.69, 9.17) is 9.63 Å². The minimum Gasteiger partial charge on any atom is -0.462 e. The number of esters is 1. The van der Waals surface area contributed by atoms with Crippen molar-refractivity contribution in [3.05, 3.63) is 21.9 Å². The molecule has 7 heteroatoms. The molecule has 15 heavy (non-hydrogen) atoms. The molecule has 1 heterocycles. The number of hydrogen-bond donors (Lipinski definition) is 1. The van der Waals surface area contributed by atoms with Crippen molar-refractivity contribution in [2.75, 3.05) is 6.61 Å². The van der Waals surface area contributed by atoms with Gasteiger partial charge < -0.3 is 14.2 Å². The van der Waals surface area contributed by atoms with Gasteiger partial charge in [0.05, 0.1) is 13.2 Å². The van der Waals surface area contributed by atoms with Crippen LogP contribution in [0.15, 0.2) is 12.1 Å². The third-order valence-corrected chi connectivity index (χ3v) is 2.91. The topological polar surface area (TPSA) is 72.8 Å². The van der Waals surface area contributed by atoms with Crippen molar-refractivity contribution >= 4 is 25.6 Å². The van der Waals surface area contributed by atoms with Crippen LogP contribution < -0.4 is 0 Å². The van der Waals surface area contributed by atoms with Crippen molar-refractivity contribution in [2.24, 2.45) is 0 Å². The van der Waals surface area contributed by atoms with Crippen molar-refractivity contribution in [2.45, 2.75) is 13.5 Å². The van der Waals surface area contributed by atoms with Crippen molar-refractivity contribution in [1.29, 1.82) is 0 Å². The maximum absolute atomic E-state index is 11.2. The van der Waals surface area contributed by atoms with Crippen LogP contribution in [0, 0.1) is 0 Å². The number of carbonyl (C=O) groups is 1. The summed E-state index contributed by atoms with van der Waals surface area (Å²) in [5.74, 6) is -0.384. The highest BCUT2D eigenvalue weighted by molar-refractivity contribution is 7.32. The van der Waals surface area contributed by atoms with E-state index in [1.807, 2.05) is 0 Å². The van der Waals surface area contributed by atoms with Crippen molar-refractivity contribution in [1.82, 2.24) is 0 Å². The molecule has 0 saturated heterocycles. The van der Waals surface area contributed by atoms with Gasteiger partial charge in [0.1, 0.15) is 4.88 Å². The van der Waals surface area contributed by atoms with Gasteiger partial charge in [0.2, 0.25) is 0 Å². The number of carbonyl (C=O) groups excluding carboxylic acids is 1. The molecule has 1 rings (SSSR count). The van der Waals surface area contributed by atoms with E-state index < -0.39 is 8.25 Å². The SMILES string of the molecule is CCOC(=O)c1ccc(CO[PH](=O)O)s1. The summed E-state index contributed by atoms with van der Waals surface area (Å²) >= 11 is 1.19. The Hall–Kier alpha value is -0.680. The number of ether oxygens (including phenoxy) is 1. The van der Waals surface area contributed by atoms with Crippen molar-refractivity contribution in [3.63, 3.8) is 0 Å². The Morgan fingerprint density at radius 3 is 2.93 bits per heavy atom. The molecule has 0 spiro atoms. The van der Waals surface area contributed by atoms with Crippen LogP contribution in [-0.2, 0) is 20.4 Å². The summed E-state index contributed by atoms with van der Waals surface area (Å²) in [6, 6.07) is 3.28. The molecule has 0 fully saturated rings. The molecule has 0 aliphatic heterocycles. The summed E-state index contributed by atoms with van der Waals surface area (Å²) in [6.45, 7) is 2.10. The van der Waals surface area contributed by atoms with E-state index in [2.05, 4.69) is 4.52 Å². The van der Waals surface area contributed by atoms with E-state index in [1.54, 1.807) is 19.1 Å². The Balaban J connectivity index is 2.56. The van der Waals surface area contributed by atoms with E-state index >= 15 is 0 Å². The van der Waals surface area contributed by atoms with Crippen LogP contribution in [0.1, 0.15) is 21.5 Å². The third-order valence-electron chi connectivity index (χ3n) is 1.48. The minimum absolute atomic E-state index is 0.0400. The molecule has 0 radical (unpaired) electrons. The summed E-state index contributed by atoms with van der Waals surface area (Å²) < 4.78 is 19.6. The average Bonchev–Trinajstić information content (AvgIpc) is 2.63. The Bertz CT molecular complexity index is 362. The smallest absolute Gasteiger partial charge is 0.348 e. The lowest BCUT2D eigenvalue weighted by Gasteiger charge is -1.97. The van der Waals surface area contributed by atoms with Gasteiger partial charge in [-0.05, 0) is 19.1 Å². The van der Waals surface area contributed by atoms with Crippen LogP contribution in [0.3, 0.4) is 0 Å².